The van der Waals surface area contributed by atoms with Gasteiger partial charge in [0.05, 0.1) is 13.2 Å². The van der Waals surface area contributed by atoms with E-state index in [0.29, 0.717) is 6.04 Å². The molecule has 1 heterocycles. The molecule has 104 valence electrons. The summed E-state index contributed by atoms with van der Waals surface area (Å²) in [7, 11) is 0. The molecule has 1 aromatic carbocycles. The summed E-state index contributed by atoms with van der Waals surface area (Å²) in [4.78, 5) is 0. The van der Waals surface area contributed by atoms with Crippen molar-refractivity contribution in [3.63, 3.8) is 0 Å². The maximum Gasteiger partial charge on any atom is 0.123 e. The van der Waals surface area contributed by atoms with E-state index in [1.165, 1.54) is 23.3 Å². The number of hydrogen-bond acceptors (Lipinski definition) is 2. The Kier molecular flexibility index (Phi) is 5.55. The topological polar surface area (TPSA) is 21.3 Å². The SMILES string of the molecule is CC(Cc1ccc(F)cc1)NCCC1=CCOCC1. The standard InChI is InChI=1S/C16H22FNO/c1-13(12-15-2-4-16(17)5-3-15)18-9-6-14-7-10-19-11-8-14/h2-5,7,13,18H,6,8-12H2,1H3. The zero-order valence-corrected chi connectivity index (χ0v) is 11.5. The van der Waals surface area contributed by atoms with Crippen LogP contribution in [0.25, 0.3) is 0 Å². The minimum atomic E-state index is -0.171. The monoisotopic (exact) mass is 263 g/mol. The fraction of sp³-hybridized carbons (Fsp3) is 0.500. The van der Waals surface area contributed by atoms with E-state index in [-0.39, 0.29) is 5.82 Å². The van der Waals surface area contributed by atoms with E-state index in [4.69, 9.17) is 4.74 Å². The number of benzene rings is 1. The third-order valence-electron chi connectivity index (χ3n) is 3.45. The van der Waals surface area contributed by atoms with Crippen LogP contribution in [0.15, 0.2) is 35.9 Å². The fourth-order valence-corrected chi connectivity index (χ4v) is 2.32. The molecule has 3 heteroatoms. The van der Waals surface area contributed by atoms with Crippen LogP contribution in [-0.2, 0) is 11.2 Å². The number of hydrogen-bond donors (Lipinski definition) is 1. The van der Waals surface area contributed by atoms with E-state index >= 15 is 0 Å². The van der Waals surface area contributed by atoms with Crippen molar-refractivity contribution in [1.82, 2.24) is 5.32 Å². The highest BCUT2D eigenvalue weighted by molar-refractivity contribution is 5.17. The van der Waals surface area contributed by atoms with Gasteiger partial charge in [0, 0.05) is 6.04 Å². The number of ether oxygens (including phenoxy) is 1. The van der Waals surface area contributed by atoms with Gasteiger partial charge in [-0.3, -0.25) is 0 Å². The van der Waals surface area contributed by atoms with Crippen LogP contribution in [0.1, 0.15) is 25.3 Å². The van der Waals surface area contributed by atoms with Crippen LogP contribution in [0, 0.1) is 5.82 Å². The van der Waals surface area contributed by atoms with E-state index < -0.39 is 0 Å². The van der Waals surface area contributed by atoms with Crippen molar-refractivity contribution >= 4 is 0 Å². The highest BCUT2D eigenvalue weighted by Crippen LogP contribution is 2.11. The first-order valence-corrected chi connectivity index (χ1v) is 6.97. The Morgan fingerprint density at radius 3 is 2.79 bits per heavy atom. The van der Waals surface area contributed by atoms with Crippen LogP contribution in [0.2, 0.25) is 0 Å². The highest BCUT2D eigenvalue weighted by Gasteiger charge is 2.06. The van der Waals surface area contributed by atoms with Crippen molar-refractivity contribution in [3.8, 4) is 0 Å². The molecule has 0 saturated carbocycles. The van der Waals surface area contributed by atoms with E-state index in [1.807, 2.05) is 12.1 Å². The second-order valence-corrected chi connectivity index (χ2v) is 5.12. The lowest BCUT2D eigenvalue weighted by molar-refractivity contribution is 0.153. The van der Waals surface area contributed by atoms with Gasteiger partial charge in [-0.15, -0.1) is 0 Å². The Balaban J connectivity index is 1.68. The molecule has 0 aliphatic carbocycles. The summed E-state index contributed by atoms with van der Waals surface area (Å²) in [6.07, 6.45) is 5.28. The molecule has 2 nitrogen and oxygen atoms in total. The molecule has 0 fully saturated rings. The minimum Gasteiger partial charge on any atom is -0.377 e. The van der Waals surface area contributed by atoms with Crippen molar-refractivity contribution in [2.75, 3.05) is 19.8 Å². The molecule has 0 spiro atoms. The molecule has 1 unspecified atom stereocenters. The maximum atomic E-state index is 12.8. The summed E-state index contributed by atoms with van der Waals surface area (Å²) in [6.45, 7) is 4.79. The van der Waals surface area contributed by atoms with Crippen molar-refractivity contribution in [3.05, 3.63) is 47.3 Å². The summed E-state index contributed by atoms with van der Waals surface area (Å²) in [5.41, 5.74) is 2.67. The Hall–Kier alpha value is -1.19. The molecule has 0 amide bonds. The summed E-state index contributed by atoms with van der Waals surface area (Å²) < 4.78 is 18.1. The number of halogens is 1. The van der Waals surface area contributed by atoms with E-state index in [0.717, 1.165) is 39.0 Å². The lowest BCUT2D eigenvalue weighted by Crippen LogP contribution is -2.29. The quantitative estimate of drug-likeness (QED) is 0.796. The molecule has 1 aliphatic heterocycles. The van der Waals surface area contributed by atoms with Gasteiger partial charge in [-0.2, -0.15) is 0 Å². The Labute approximate surface area is 114 Å². The lowest BCUT2D eigenvalue weighted by Gasteiger charge is -2.17. The van der Waals surface area contributed by atoms with Gasteiger partial charge in [0.15, 0.2) is 0 Å². The summed E-state index contributed by atoms with van der Waals surface area (Å²) >= 11 is 0. The van der Waals surface area contributed by atoms with Crippen LogP contribution < -0.4 is 5.32 Å². The molecular formula is C16H22FNO. The molecule has 2 rings (SSSR count). The van der Waals surface area contributed by atoms with E-state index in [9.17, 15) is 4.39 Å². The summed E-state index contributed by atoms with van der Waals surface area (Å²) in [6, 6.07) is 7.17. The molecule has 1 aromatic rings. The van der Waals surface area contributed by atoms with Gasteiger partial charge in [0.1, 0.15) is 5.82 Å². The van der Waals surface area contributed by atoms with E-state index in [1.54, 1.807) is 0 Å². The second-order valence-electron chi connectivity index (χ2n) is 5.12. The Morgan fingerprint density at radius 1 is 1.32 bits per heavy atom. The number of rotatable bonds is 6. The van der Waals surface area contributed by atoms with Crippen LogP contribution in [-0.4, -0.2) is 25.8 Å². The van der Waals surface area contributed by atoms with Crippen molar-refractivity contribution < 1.29 is 9.13 Å². The molecule has 19 heavy (non-hydrogen) atoms. The lowest BCUT2D eigenvalue weighted by atomic mass is 10.1. The predicted molar refractivity (Wildman–Crippen MR) is 75.7 cm³/mol. The van der Waals surface area contributed by atoms with Gasteiger partial charge >= 0.3 is 0 Å². The molecule has 0 bridgehead atoms. The van der Waals surface area contributed by atoms with Crippen molar-refractivity contribution in [1.29, 1.82) is 0 Å². The van der Waals surface area contributed by atoms with Gasteiger partial charge < -0.3 is 10.1 Å². The zero-order valence-electron chi connectivity index (χ0n) is 11.5. The molecule has 1 aliphatic rings. The Bertz CT molecular complexity index is 413. The van der Waals surface area contributed by atoms with Crippen LogP contribution in [0.3, 0.4) is 0 Å². The first-order valence-electron chi connectivity index (χ1n) is 6.97. The summed E-state index contributed by atoms with van der Waals surface area (Å²) in [5, 5.41) is 3.52. The van der Waals surface area contributed by atoms with Crippen molar-refractivity contribution in [2.45, 2.75) is 32.2 Å². The largest absolute Gasteiger partial charge is 0.377 e. The highest BCUT2D eigenvalue weighted by atomic mass is 19.1. The summed E-state index contributed by atoms with van der Waals surface area (Å²) in [5.74, 6) is -0.171. The van der Waals surface area contributed by atoms with Crippen LogP contribution in [0.4, 0.5) is 4.39 Å². The average Bonchev–Trinajstić information content (AvgIpc) is 2.43. The molecule has 0 saturated heterocycles. The van der Waals surface area contributed by atoms with Gasteiger partial charge in [0.25, 0.3) is 0 Å². The van der Waals surface area contributed by atoms with Crippen LogP contribution in [0.5, 0.6) is 0 Å². The van der Waals surface area contributed by atoms with Gasteiger partial charge in [-0.1, -0.05) is 23.8 Å². The normalized spacial score (nSPS) is 17.1. The molecule has 0 radical (unpaired) electrons. The fourth-order valence-electron chi connectivity index (χ4n) is 2.32. The third kappa shape index (κ3) is 5.13. The van der Waals surface area contributed by atoms with Crippen LogP contribution >= 0.6 is 0 Å². The first kappa shape index (κ1) is 14.2. The minimum absolute atomic E-state index is 0.171. The smallest absolute Gasteiger partial charge is 0.123 e. The van der Waals surface area contributed by atoms with Gasteiger partial charge in [-0.25, -0.2) is 4.39 Å². The zero-order chi connectivity index (χ0) is 13.5. The second kappa shape index (κ2) is 7.41. The molecule has 1 N–H and O–H groups in total. The van der Waals surface area contributed by atoms with Gasteiger partial charge in [-0.05, 0) is 50.4 Å². The predicted octanol–water partition coefficient (Wildman–Crippen LogP) is 3.08. The van der Waals surface area contributed by atoms with E-state index in [2.05, 4.69) is 18.3 Å². The average molecular weight is 263 g/mol. The Morgan fingerprint density at radius 2 is 2.11 bits per heavy atom. The first-order chi connectivity index (χ1) is 9.24. The molecule has 0 aromatic heterocycles. The third-order valence-corrected chi connectivity index (χ3v) is 3.45. The van der Waals surface area contributed by atoms with Gasteiger partial charge in [0.2, 0.25) is 0 Å². The molecular weight excluding hydrogens is 241 g/mol. The maximum absolute atomic E-state index is 12.8. The number of nitrogens with one attached hydrogen (secondary N) is 1. The van der Waals surface area contributed by atoms with Crippen molar-refractivity contribution in [2.24, 2.45) is 0 Å². The molecule has 1 atom stereocenters.